The second-order valence-corrected chi connectivity index (χ2v) is 4.55. The molecule has 3 heteroatoms. The smallest absolute Gasteiger partial charge is 0.245 e. The number of hydrogen-bond donors (Lipinski definition) is 0. The molecule has 0 bridgehead atoms. The van der Waals surface area contributed by atoms with Crippen molar-refractivity contribution in [1.82, 2.24) is 9.80 Å². The van der Waals surface area contributed by atoms with Crippen LogP contribution in [0.3, 0.4) is 0 Å². The van der Waals surface area contributed by atoms with Gasteiger partial charge in [-0.15, -0.1) is 0 Å². The molecule has 0 N–H and O–H groups in total. The highest BCUT2D eigenvalue weighted by atomic mass is 16.2. The van der Waals surface area contributed by atoms with Crippen molar-refractivity contribution in [3.05, 3.63) is 35.4 Å². The quantitative estimate of drug-likeness (QED) is 0.797. The Morgan fingerprint density at radius 2 is 1.82 bits per heavy atom. The molecule has 0 saturated carbocycles. The van der Waals surface area contributed by atoms with Gasteiger partial charge >= 0.3 is 0 Å². The van der Waals surface area contributed by atoms with Crippen LogP contribution in [0.15, 0.2) is 24.3 Å². The van der Waals surface area contributed by atoms with E-state index in [4.69, 9.17) is 0 Å². The van der Waals surface area contributed by atoms with Gasteiger partial charge in [-0.2, -0.15) is 0 Å². The maximum absolute atomic E-state index is 12.3. The van der Waals surface area contributed by atoms with Gasteiger partial charge in [0.05, 0.1) is 6.67 Å². The average Bonchev–Trinajstić information content (AvgIpc) is 2.67. The molecule has 3 nitrogen and oxygen atoms in total. The third kappa shape index (κ3) is 2.20. The van der Waals surface area contributed by atoms with Gasteiger partial charge in [-0.1, -0.05) is 36.8 Å². The third-order valence-corrected chi connectivity index (χ3v) is 3.44. The molecule has 1 aromatic carbocycles. The van der Waals surface area contributed by atoms with Crippen LogP contribution in [0.1, 0.15) is 31.0 Å². The minimum Gasteiger partial charge on any atom is -0.328 e. The van der Waals surface area contributed by atoms with Gasteiger partial charge in [-0.05, 0) is 26.0 Å². The fourth-order valence-electron chi connectivity index (χ4n) is 2.34. The lowest BCUT2D eigenvalue weighted by Gasteiger charge is -2.19. The summed E-state index contributed by atoms with van der Waals surface area (Å²) in [4.78, 5) is 16.4. The van der Waals surface area contributed by atoms with Crippen LogP contribution in [0.2, 0.25) is 0 Å². The number of amides is 1. The highest BCUT2D eigenvalue weighted by molar-refractivity contribution is 5.85. The van der Waals surface area contributed by atoms with Crippen molar-refractivity contribution >= 4 is 5.91 Å². The molecule has 1 heterocycles. The monoisotopic (exact) mass is 232 g/mol. The molecule has 17 heavy (non-hydrogen) atoms. The Hall–Kier alpha value is -1.35. The van der Waals surface area contributed by atoms with Gasteiger partial charge in [0.1, 0.15) is 6.04 Å². The third-order valence-electron chi connectivity index (χ3n) is 3.44. The predicted octanol–water partition coefficient (Wildman–Crippen LogP) is 2.18. The SMILES string of the molecule is CCN1CN(CC)C(c2ccc(C)cc2)C1=O. The van der Waals surface area contributed by atoms with Gasteiger partial charge in [0.15, 0.2) is 0 Å². The van der Waals surface area contributed by atoms with Crippen LogP contribution < -0.4 is 0 Å². The summed E-state index contributed by atoms with van der Waals surface area (Å²) in [7, 11) is 0. The van der Waals surface area contributed by atoms with E-state index in [1.807, 2.05) is 11.8 Å². The second-order valence-electron chi connectivity index (χ2n) is 4.55. The van der Waals surface area contributed by atoms with Crippen LogP contribution in [0, 0.1) is 6.92 Å². The molecule has 1 fully saturated rings. The van der Waals surface area contributed by atoms with Gasteiger partial charge in [-0.3, -0.25) is 9.69 Å². The molecular formula is C14H20N2O. The molecule has 0 spiro atoms. The van der Waals surface area contributed by atoms with Crippen LogP contribution in [0.5, 0.6) is 0 Å². The zero-order chi connectivity index (χ0) is 12.4. The van der Waals surface area contributed by atoms with Crippen LogP contribution in [-0.4, -0.2) is 35.5 Å². The first-order valence-corrected chi connectivity index (χ1v) is 6.26. The van der Waals surface area contributed by atoms with E-state index in [1.54, 1.807) is 0 Å². The molecule has 2 rings (SSSR count). The summed E-state index contributed by atoms with van der Waals surface area (Å²) in [6.07, 6.45) is 0. The standard InChI is InChI=1S/C14H20N2O/c1-4-15-10-16(5-2)14(17)13(15)12-8-6-11(3)7-9-12/h6-9,13H,4-5,10H2,1-3H3. The number of nitrogens with zero attached hydrogens (tertiary/aromatic N) is 2. The first-order valence-electron chi connectivity index (χ1n) is 6.26. The van der Waals surface area contributed by atoms with E-state index in [0.717, 1.165) is 25.3 Å². The molecule has 0 radical (unpaired) electrons. The zero-order valence-electron chi connectivity index (χ0n) is 10.8. The Morgan fingerprint density at radius 3 is 2.35 bits per heavy atom. The molecule has 92 valence electrons. The Labute approximate surface area is 103 Å². The van der Waals surface area contributed by atoms with Gasteiger partial charge in [0.25, 0.3) is 0 Å². The lowest BCUT2D eigenvalue weighted by molar-refractivity contribution is -0.129. The summed E-state index contributed by atoms with van der Waals surface area (Å²) in [5, 5.41) is 0. The summed E-state index contributed by atoms with van der Waals surface area (Å²) in [5.74, 6) is 0.234. The van der Waals surface area contributed by atoms with Crippen molar-refractivity contribution in [1.29, 1.82) is 0 Å². The maximum Gasteiger partial charge on any atom is 0.245 e. The molecule has 1 amide bonds. The fraction of sp³-hybridized carbons (Fsp3) is 0.500. The van der Waals surface area contributed by atoms with Gasteiger partial charge in [0, 0.05) is 6.54 Å². The molecule has 1 unspecified atom stereocenters. The Kier molecular flexibility index (Phi) is 3.48. The summed E-state index contributed by atoms with van der Waals surface area (Å²) < 4.78 is 0. The lowest BCUT2D eigenvalue weighted by Crippen LogP contribution is -2.26. The summed E-state index contributed by atoms with van der Waals surface area (Å²) in [5.41, 5.74) is 2.34. The molecule has 0 aliphatic carbocycles. The molecule has 1 saturated heterocycles. The number of rotatable bonds is 3. The Morgan fingerprint density at radius 1 is 1.18 bits per heavy atom. The highest BCUT2D eigenvalue weighted by Crippen LogP contribution is 2.28. The molecule has 1 aliphatic rings. The Bertz CT molecular complexity index is 399. The number of hydrogen-bond acceptors (Lipinski definition) is 2. The van der Waals surface area contributed by atoms with Gasteiger partial charge in [0.2, 0.25) is 5.91 Å². The summed E-state index contributed by atoms with van der Waals surface area (Å²) in [6, 6.07) is 8.20. The minimum atomic E-state index is -0.0828. The first kappa shape index (κ1) is 12.1. The number of carbonyl (C=O) groups is 1. The van der Waals surface area contributed by atoms with E-state index in [0.29, 0.717) is 0 Å². The molecule has 1 aromatic rings. The topological polar surface area (TPSA) is 23.6 Å². The van der Waals surface area contributed by atoms with Crippen LogP contribution in [-0.2, 0) is 4.79 Å². The van der Waals surface area contributed by atoms with Crippen molar-refractivity contribution in [2.24, 2.45) is 0 Å². The Balaban J connectivity index is 2.29. The number of likely N-dealkylation sites (N-methyl/N-ethyl adjacent to an activating group) is 2. The maximum atomic E-state index is 12.3. The number of carbonyl (C=O) groups excluding carboxylic acids is 1. The second kappa shape index (κ2) is 4.88. The van der Waals surface area contributed by atoms with Crippen molar-refractivity contribution in [2.75, 3.05) is 19.8 Å². The first-order chi connectivity index (χ1) is 8.17. The fourth-order valence-corrected chi connectivity index (χ4v) is 2.34. The van der Waals surface area contributed by atoms with Crippen molar-refractivity contribution in [2.45, 2.75) is 26.8 Å². The summed E-state index contributed by atoms with van der Waals surface area (Å²) >= 11 is 0. The van der Waals surface area contributed by atoms with E-state index >= 15 is 0 Å². The summed E-state index contributed by atoms with van der Waals surface area (Å²) in [6.45, 7) is 8.65. The minimum absolute atomic E-state index is 0.0828. The van der Waals surface area contributed by atoms with Gasteiger partial charge in [-0.25, -0.2) is 0 Å². The lowest BCUT2D eigenvalue weighted by atomic mass is 10.0. The van der Waals surface area contributed by atoms with Crippen molar-refractivity contribution in [3.8, 4) is 0 Å². The normalized spacial score (nSPS) is 21.2. The van der Waals surface area contributed by atoms with Crippen LogP contribution >= 0.6 is 0 Å². The van der Waals surface area contributed by atoms with E-state index in [2.05, 4.69) is 43.0 Å². The molecular weight excluding hydrogens is 212 g/mol. The van der Waals surface area contributed by atoms with Crippen LogP contribution in [0.4, 0.5) is 0 Å². The molecule has 1 aliphatic heterocycles. The molecule has 0 aromatic heterocycles. The molecule has 1 atom stereocenters. The van der Waals surface area contributed by atoms with E-state index < -0.39 is 0 Å². The predicted molar refractivity (Wildman–Crippen MR) is 68.6 cm³/mol. The van der Waals surface area contributed by atoms with E-state index in [1.165, 1.54) is 5.56 Å². The van der Waals surface area contributed by atoms with Crippen LogP contribution in [0.25, 0.3) is 0 Å². The van der Waals surface area contributed by atoms with Crippen molar-refractivity contribution in [3.63, 3.8) is 0 Å². The number of aryl methyl sites for hydroxylation is 1. The zero-order valence-corrected chi connectivity index (χ0v) is 10.8. The van der Waals surface area contributed by atoms with E-state index in [-0.39, 0.29) is 11.9 Å². The van der Waals surface area contributed by atoms with Crippen molar-refractivity contribution < 1.29 is 4.79 Å². The highest BCUT2D eigenvalue weighted by Gasteiger charge is 2.37. The largest absolute Gasteiger partial charge is 0.328 e. The van der Waals surface area contributed by atoms with Gasteiger partial charge < -0.3 is 4.90 Å². The van der Waals surface area contributed by atoms with E-state index in [9.17, 15) is 4.79 Å². The average molecular weight is 232 g/mol. The number of benzene rings is 1.